The Morgan fingerprint density at radius 3 is 2.52 bits per heavy atom. The number of amides is 2. The number of rotatable bonds is 6. The van der Waals surface area contributed by atoms with E-state index in [2.05, 4.69) is 43.4 Å². The van der Waals surface area contributed by atoms with Crippen LogP contribution in [0.3, 0.4) is 0 Å². The molecule has 1 heterocycles. The lowest BCUT2D eigenvalue weighted by Crippen LogP contribution is -2.37. The number of benzene rings is 1. The quantitative estimate of drug-likeness (QED) is 0.877. The van der Waals surface area contributed by atoms with Gasteiger partial charge in [0.15, 0.2) is 0 Å². The Bertz CT molecular complexity index is 539. The molecule has 23 heavy (non-hydrogen) atoms. The lowest BCUT2D eigenvalue weighted by Gasteiger charge is -2.27. The molecule has 0 spiro atoms. The minimum absolute atomic E-state index is 0.00351. The Hall–Kier alpha value is -1.84. The lowest BCUT2D eigenvalue weighted by atomic mass is 9.90. The lowest BCUT2D eigenvalue weighted by molar-refractivity contribution is -0.132. The molecule has 4 nitrogen and oxygen atoms in total. The second-order valence-electron chi connectivity index (χ2n) is 6.40. The molecule has 1 aromatic carbocycles. The molecule has 1 fully saturated rings. The van der Waals surface area contributed by atoms with E-state index < -0.39 is 0 Å². The molecular weight excluding hydrogens is 288 g/mol. The molecular formula is C19H28N2O2. The van der Waals surface area contributed by atoms with E-state index >= 15 is 0 Å². The van der Waals surface area contributed by atoms with E-state index in [1.807, 2.05) is 4.90 Å². The molecule has 2 amide bonds. The molecule has 1 aliphatic rings. The molecule has 0 saturated carbocycles. The van der Waals surface area contributed by atoms with E-state index in [0.29, 0.717) is 25.2 Å². The molecule has 4 heteroatoms. The molecule has 1 aromatic rings. The summed E-state index contributed by atoms with van der Waals surface area (Å²) in [5.41, 5.74) is 2.60. The van der Waals surface area contributed by atoms with Crippen molar-refractivity contribution in [3.05, 3.63) is 35.4 Å². The molecule has 0 radical (unpaired) electrons. The summed E-state index contributed by atoms with van der Waals surface area (Å²) in [6, 6.07) is 8.97. The summed E-state index contributed by atoms with van der Waals surface area (Å²) in [5.74, 6) is 0.627. The van der Waals surface area contributed by atoms with E-state index in [1.54, 1.807) is 7.05 Å². The van der Waals surface area contributed by atoms with Crippen molar-refractivity contribution < 1.29 is 9.59 Å². The van der Waals surface area contributed by atoms with Crippen molar-refractivity contribution in [1.82, 2.24) is 10.2 Å². The van der Waals surface area contributed by atoms with Crippen LogP contribution < -0.4 is 5.32 Å². The number of nitrogens with one attached hydrogen (secondary N) is 1. The van der Waals surface area contributed by atoms with Gasteiger partial charge >= 0.3 is 0 Å². The van der Waals surface area contributed by atoms with E-state index in [9.17, 15) is 9.59 Å². The predicted molar refractivity (Wildman–Crippen MR) is 92.2 cm³/mol. The van der Waals surface area contributed by atoms with Gasteiger partial charge in [0.25, 0.3) is 0 Å². The standard InChI is InChI=1S/C19H28N2O2/c1-4-17-16(15-10-8-14(2)9-11-15)12-13-21(17)19(23)7-5-6-18(22)20-3/h8-11,16-17H,4-7,12-13H2,1-3H3,(H,20,22)/t16-,17-/m0/s1. The number of aryl methyl sites for hydroxylation is 1. The van der Waals surface area contributed by atoms with Crippen LogP contribution in [0.2, 0.25) is 0 Å². The number of hydrogen-bond acceptors (Lipinski definition) is 2. The third kappa shape index (κ3) is 4.34. The summed E-state index contributed by atoms with van der Waals surface area (Å²) < 4.78 is 0. The van der Waals surface area contributed by atoms with Crippen LogP contribution in [0, 0.1) is 6.92 Å². The van der Waals surface area contributed by atoms with Gasteiger partial charge in [-0.25, -0.2) is 0 Å². The fourth-order valence-corrected chi connectivity index (χ4v) is 3.54. The van der Waals surface area contributed by atoms with Crippen molar-refractivity contribution in [3.63, 3.8) is 0 Å². The molecule has 2 atom stereocenters. The Kier molecular flexibility index (Phi) is 6.20. The van der Waals surface area contributed by atoms with Crippen LogP contribution in [0.4, 0.5) is 0 Å². The summed E-state index contributed by atoms with van der Waals surface area (Å²) >= 11 is 0. The van der Waals surface area contributed by atoms with Crippen LogP contribution in [-0.4, -0.2) is 36.3 Å². The zero-order chi connectivity index (χ0) is 16.8. The summed E-state index contributed by atoms with van der Waals surface area (Å²) in [6.45, 7) is 5.08. The molecule has 1 aliphatic heterocycles. The fourth-order valence-electron chi connectivity index (χ4n) is 3.54. The highest BCUT2D eigenvalue weighted by Crippen LogP contribution is 2.35. The topological polar surface area (TPSA) is 49.4 Å². The van der Waals surface area contributed by atoms with Crippen molar-refractivity contribution in [1.29, 1.82) is 0 Å². The van der Waals surface area contributed by atoms with Crippen LogP contribution >= 0.6 is 0 Å². The van der Waals surface area contributed by atoms with Gasteiger partial charge in [0, 0.05) is 38.4 Å². The first-order chi connectivity index (χ1) is 11.1. The van der Waals surface area contributed by atoms with Crippen LogP contribution in [0.15, 0.2) is 24.3 Å². The summed E-state index contributed by atoms with van der Waals surface area (Å²) in [5, 5.41) is 2.60. The smallest absolute Gasteiger partial charge is 0.222 e. The summed E-state index contributed by atoms with van der Waals surface area (Å²) in [6.07, 6.45) is 3.52. The van der Waals surface area contributed by atoms with Gasteiger partial charge in [-0.05, 0) is 31.7 Å². The van der Waals surface area contributed by atoms with Gasteiger partial charge < -0.3 is 10.2 Å². The second-order valence-corrected chi connectivity index (χ2v) is 6.40. The van der Waals surface area contributed by atoms with Crippen molar-refractivity contribution in [2.75, 3.05) is 13.6 Å². The number of nitrogens with zero attached hydrogens (tertiary/aromatic N) is 1. The van der Waals surface area contributed by atoms with Crippen molar-refractivity contribution in [2.24, 2.45) is 0 Å². The minimum atomic E-state index is 0.00351. The number of carbonyl (C=O) groups excluding carboxylic acids is 2. The van der Waals surface area contributed by atoms with E-state index in [0.717, 1.165) is 19.4 Å². The highest BCUT2D eigenvalue weighted by molar-refractivity contribution is 5.79. The first kappa shape index (κ1) is 17.5. The Labute approximate surface area is 139 Å². The zero-order valence-corrected chi connectivity index (χ0v) is 14.5. The van der Waals surface area contributed by atoms with Crippen LogP contribution in [0.1, 0.15) is 56.1 Å². The van der Waals surface area contributed by atoms with Gasteiger partial charge in [0.1, 0.15) is 0 Å². The molecule has 1 N–H and O–H groups in total. The van der Waals surface area contributed by atoms with Gasteiger partial charge in [-0.1, -0.05) is 36.8 Å². The monoisotopic (exact) mass is 316 g/mol. The van der Waals surface area contributed by atoms with E-state index in [1.165, 1.54) is 11.1 Å². The summed E-state index contributed by atoms with van der Waals surface area (Å²) in [7, 11) is 1.63. The van der Waals surface area contributed by atoms with Gasteiger partial charge in [-0.15, -0.1) is 0 Å². The molecule has 2 rings (SSSR count). The van der Waals surface area contributed by atoms with E-state index in [4.69, 9.17) is 0 Å². The van der Waals surface area contributed by atoms with Crippen LogP contribution in [0.5, 0.6) is 0 Å². The molecule has 0 unspecified atom stereocenters. The van der Waals surface area contributed by atoms with Crippen LogP contribution in [0.25, 0.3) is 0 Å². The predicted octanol–water partition coefficient (Wildman–Crippen LogP) is 3.01. The van der Waals surface area contributed by atoms with Crippen molar-refractivity contribution >= 4 is 11.8 Å². The molecule has 126 valence electrons. The van der Waals surface area contributed by atoms with Gasteiger partial charge in [0.2, 0.25) is 11.8 Å². The van der Waals surface area contributed by atoms with Crippen molar-refractivity contribution in [2.45, 2.75) is 57.9 Å². The molecule has 0 bridgehead atoms. The third-order valence-corrected chi connectivity index (χ3v) is 4.86. The number of hydrogen-bond donors (Lipinski definition) is 1. The Balaban J connectivity index is 1.97. The fraction of sp³-hybridized carbons (Fsp3) is 0.579. The molecule has 0 aromatic heterocycles. The van der Waals surface area contributed by atoms with Gasteiger partial charge in [-0.3, -0.25) is 9.59 Å². The SMILES string of the molecule is CC[C@H]1[C@H](c2ccc(C)cc2)CCN1C(=O)CCCC(=O)NC. The van der Waals surface area contributed by atoms with Crippen LogP contribution in [-0.2, 0) is 9.59 Å². The highest BCUT2D eigenvalue weighted by Gasteiger charge is 2.36. The average molecular weight is 316 g/mol. The molecule has 0 aliphatic carbocycles. The maximum absolute atomic E-state index is 12.5. The Morgan fingerprint density at radius 1 is 1.22 bits per heavy atom. The maximum atomic E-state index is 12.5. The minimum Gasteiger partial charge on any atom is -0.359 e. The number of likely N-dealkylation sites (tertiary alicyclic amines) is 1. The normalized spacial score (nSPS) is 20.6. The summed E-state index contributed by atoms with van der Waals surface area (Å²) in [4.78, 5) is 25.8. The number of carbonyl (C=O) groups is 2. The average Bonchev–Trinajstić information content (AvgIpc) is 2.99. The first-order valence-electron chi connectivity index (χ1n) is 8.63. The third-order valence-electron chi connectivity index (χ3n) is 4.86. The highest BCUT2D eigenvalue weighted by atomic mass is 16.2. The van der Waals surface area contributed by atoms with Gasteiger partial charge in [-0.2, -0.15) is 0 Å². The second kappa shape index (κ2) is 8.14. The zero-order valence-electron chi connectivity index (χ0n) is 14.5. The van der Waals surface area contributed by atoms with Crippen molar-refractivity contribution in [3.8, 4) is 0 Å². The van der Waals surface area contributed by atoms with E-state index in [-0.39, 0.29) is 17.9 Å². The largest absolute Gasteiger partial charge is 0.359 e. The maximum Gasteiger partial charge on any atom is 0.222 e. The molecule has 1 saturated heterocycles. The first-order valence-corrected chi connectivity index (χ1v) is 8.63. The van der Waals surface area contributed by atoms with Gasteiger partial charge in [0.05, 0.1) is 0 Å². The Morgan fingerprint density at radius 2 is 1.91 bits per heavy atom.